The number of H-pyrrole nitrogens is 1. The molecule has 1 aliphatic carbocycles. The molecule has 6 rings (SSSR count). The third-order valence-electron chi connectivity index (χ3n) is 8.21. The molecule has 2 unspecified atom stereocenters. The van der Waals surface area contributed by atoms with Gasteiger partial charge in [-0.25, -0.2) is 23.4 Å². The molecular weight excluding hydrogens is 522 g/mol. The van der Waals surface area contributed by atoms with Crippen molar-refractivity contribution >= 4 is 23.0 Å². The molecule has 0 bridgehead atoms. The number of amides is 1. The van der Waals surface area contributed by atoms with E-state index in [0.29, 0.717) is 41.7 Å². The van der Waals surface area contributed by atoms with E-state index in [1.165, 1.54) is 17.0 Å². The first-order valence-electron chi connectivity index (χ1n) is 13.0. The fourth-order valence-electron chi connectivity index (χ4n) is 6.48. The molecular formula is C28H26F2N6O4. The number of pyridine rings is 2. The Morgan fingerprint density at radius 3 is 2.65 bits per heavy atom. The van der Waals surface area contributed by atoms with E-state index in [-0.39, 0.29) is 36.0 Å². The second-order valence-electron chi connectivity index (χ2n) is 10.2. The van der Waals surface area contributed by atoms with E-state index in [2.05, 4.69) is 20.1 Å². The molecule has 2 aliphatic rings. The summed E-state index contributed by atoms with van der Waals surface area (Å²) < 4.78 is 30.8. The molecule has 1 amide bonds. The monoisotopic (exact) mass is 548 g/mol. The summed E-state index contributed by atoms with van der Waals surface area (Å²) >= 11 is 0. The molecule has 1 fully saturated rings. The van der Waals surface area contributed by atoms with Crippen molar-refractivity contribution in [2.75, 3.05) is 6.54 Å². The summed E-state index contributed by atoms with van der Waals surface area (Å²) in [6, 6.07) is 9.87. The Labute approximate surface area is 226 Å². The summed E-state index contributed by atoms with van der Waals surface area (Å²) in [4.78, 5) is 38.3. The van der Waals surface area contributed by atoms with Crippen molar-refractivity contribution in [2.24, 2.45) is 5.16 Å². The molecule has 4 heterocycles. The predicted octanol–water partition coefficient (Wildman–Crippen LogP) is 4.62. The third kappa shape index (κ3) is 4.19. The van der Waals surface area contributed by atoms with E-state index in [4.69, 9.17) is 0 Å². The Balaban J connectivity index is 1.44. The number of carbonyl (C=O) groups is 1. The highest BCUT2D eigenvalue weighted by atomic mass is 19.2. The summed E-state index contributed by atoms with van der Waals surface area (Å²) in [5.74, 6) is -3.27. The molecule has 1 aromatic carbocycles. The van der Waals surface area contributed by atoms with Crippen molar-refractivity contribution in [1.82, 2.24) is 24.4 Å². The van der Waals surface area contributed by atoms with Crippen LogP contribution in [0.3, 0.4) is 0 Å². The van der Waals surface area contributed by atoms with Gasteiger partial charge in [-0.3, -0.25) is 14.5 Å². The first kappa shape index (κ1) is 25.7. The molecule has 12 heteroatoms. The predicted molar refractivity (Wildman–Crippen MR) is 141 cm³/mol. The average Bonchev–Trinajstić information content (AvgIpc) is 3.20. The number of fused-ring (bicyclic) bond motifs is 2. The van der Waals surface area contributed by atoms with Gasteiger partial charge in [0.25, 0.3) is 0 Å². The molecule has 3 N–H and O–H groups in total. The summed E-state index contributed by atoms with van der Waals surface area (Å²) in [6.07, 6.45) is 3.42. The number of carboxylic acid groups (broad SMARTS) is 1. The molecule has 4 atom stereocenters. The van der Waals surface area contributed by atoms with E-state index < -0.39 is 35.6 Å². The van der Waals surface area contributed by atoms with Gasteiger partial charge < -0.3 is 15.2 Å². The van der Waals surface area contributed by atoms with Crippen LogP contribution < -0.4 is 5.69 Å². The molecule has 0 saturated carbocycles. The van der Waals surface area contributed by atoms with Crippen molar-refractivity contribution in [3.05, 3.63) is 93.8 Å². The number of rotatable bonds is 3. The van der Waals surface area contributed by atoms with E-state index in [1.54, 1.807) is 41.2 Å². The summed E-state index contributed by atoms with van der Waals surface area (Å²) in [7, 11) is 0. The van der Waals surface area contributed by atoms with Crippen LogP contribution in [0.2, 0.25) is 0 Å². The number of nitrogens with one attached hydrogen (secondary N) is 1. The van der Waals surface area contributed by atoms with E-state index in [9.17, 15) is 28.7 Å². The van der Waals surface area contributed by atoms with Gasteiger partial charge >= 0.3 is 11.8 Å². The fourth-order valence-corrected chi connectivity index (χ4v) is 6.48. The lowest BCUT2D eigenvalue weighted by Crippen LogP contribution is -2.49. The minimum absolute atomic E-state index is 0.0534. The maximum absolute atomic E-state index is 14.9. The Bertz CT molecular complexity index is 1680. The lowest BCUT2D eigenvalue weighted by atomic mass is 9.82. The molecule has 4 aromatic rings. The molecule has 10 nitrogen and oxygen atoms in total. The highest BCUT2D eigenvalue weighted by Crippen LogP contribution is 2.44. The van der Waals surface area contributed by atoms with Crippen LogP contribution in [0.15, 0.2) is 64.8 Å². The smallest absolute Gasteiger partial charge is 0.407 e. The quantitative estimate of drug-likeness (QED) is 0.194. The van der Waals surface area contributed by atoms with Gasteiger partial charge in [0.15, 0.2) is 17.3 Å². The van der Waals surface area contributed by atoms with Gasteiger partial charge in [-0.05, 0) is 56.0 Å². The SMILES string of the molecule is O=C(O)N1CCC(n2c(=O)[nH]c3ncccc32)CC1[C@H]1CC[C@@H](c2cccc(F)c2F)/C(=N\O)c2cccnc21. The van der Waals surface area contributed by atoms with Crippen molar-refractivity contribution in [3.8, 4) is 0 Å². The Hall–Kier alpha value is -4.61. The number of hydrogen-bond donors (Lipinski definition) is 3. The highest BCUT2D eigenvalue weighted by Gasteiger charge is 2.43. The number of piperidine rings is 1. The number of halogens is 2. The second-order valence-corrected chi connectivity index (χ2v) is 10.2. The standard InChI is InChI=1S/C28H26F2N6O4/c29-20-6-1-4-16(23(20)30)17-8-9-18(24-19(25(17)34-40)5-2-11-31-24)22-14-15(10-13-35(22)28(38)39)36-21-7-3-12-32-26(21)33-27(36)37/h1-7,11-12,15,17-18,22,40H,8-10,13-14H2,(H,38,39)(H,32,33,37)/b34-25+/t15?,17-,18+,22?/m0/s1. The lowest BCUT2D eigenvalue weighted by molar-refractivity contribution is 0.0779. The second kappa shape index (κ2) is 10.2. The van der Waals surface area contributed by atoms with Crippen LogP contribution in [0.5, 0.6) is 0 Å². The van der Waals surface area contributed by atoms with Crippen molar-refractivity contribution in [3.63, 3.8) is 0 Å². The number of imidazole rings is 1. The number of nitrogens with zero attached hydrogens (tertiary/aromatic N) is 5. The van der Waals surface area contributed by atoms with Gasteiger partial charge in [0.05, 0.1) is 16.9 Å². The summed E-state index contributed by atoms with van der Waals surface area (Å²) in [5, 5.41) is 23.8. The zero-order valence-corrected chi connectivity index (χ0v) is 21.2. The zero-order chi connectivity index (χ0) is 28.0. The average molecular weight is 549 g/mol. The van der Waals surface area contributed by atoms with Gasteiger partial charge in [-0.2, -0.15) is 0 Å². The van der Waals surface area contributed by atoms with Crippen LogP contribution in [0, 0.1) is 11.6 Å². The molecule has 1 saturated heterocycles. The van der Waals surface area contributed by atoms with E-state index in [0.717, 1.165) is 6.07 Å². The third-order valence-corrected chi connectivity index (χ3v) is 8.21. The van der Waals surface area contributed by atoms with Crippen molar-refractivity contribution in [1.29, 1.82) is 0 Å². The van der Waals surface area contributed by atoms with Crippen LogP contribution in [0.1, 0.15) is 60.4 Å². The van der Waals surface area contributed by atoms with Crippen LogP contribution in [-0.4, -0.2) is 59.1 Å². The molecule has 40 heavy (non-hydrogen) atoms. The molecule has 206 valence electrons. The lowest BCUT2D eigenvalue weighted by Gasteiger charge is -2.42. The van der Waals surface area contributed by atoms with Gasteiger partial charge in [0.2, 0.25) is 0 Å². The topological polar surface area (TPSA) is 137 Å². The van der Waals surface area contributed by atoms with Crippen LogP contribution in [0.25, 0.3) is 11.2 Å². The van der Waals surface area contributed by atoms with Crippen molar-refractivity contribution in [2.45, 2.75) is 49.6 Å². The number of aromatic amines is 1. The van der Waals surface area contributed by atoms with Crippen LogP contribution in [-0.2, 0) is 0 Å². The maximum Gasteiger partial charge on any atom is 0.407 e. The normalized spacial score (nSPS) is 24.1. The summed E-state index contributed by atoms with van der Waals surface area (Å²) in [6.45, 7) is 0.186. The van der Waals surface area contributed by atoms with Crippen LogP contribution in [0.4, 0.5) is 13.6 Å². The van der Waals surface area contributed by atoms with Crippen molar-refractivity contribution < 1.29 is 23.9 Å². The first-order valence-corrected chi connectivity index (χ1v) is 13.0. The van der Waals surface area contributed by atoms with Gasteiger partial charge in [0, 0.05) is 54.0 Å². The minimum Gasteiger partial charge on any atom is -0.465 e. The minimum atomic E-state index is -1.10. The molecule has 0 spiro atoms. The number of oxime groups is 1. The van der Waals surface area contributed by atoms with Crippen LogP contribution >= 0.6 is 0 Å². The maximum atomic E-state index is 14.9. The Morgan fingerprint density at radius 1 is 1.05 bits per heavy atom. The number of likely N-dealkylation sites (tertiary alicyclic amines) is 1. The fraction of sp³-hybridized carbons (Fsp3) is 0.321. The molecule has 1 aliphatic heterocycles. The van der Waals surface area contributed by atoms with E-state index in [1.807, 2.05) is 0 Å². The number of benzene rings is 1. The van der Waals surface area contributed by atoms with Gasteiger partial charge in [0.1, 0.15) is 0 Å². The van der Waals surface area contributed by atoms with E-state index >= 15 is 0 Å². The summed E-state index contributed by atoms with van der Waals surface area (Å²) in [5.41, 5.74) is 1.92. The number of aromatic nitrogens is 4. The Kier molecular flexibility index (Phi) is 6.53. The molecule has 0 radical (unpaired) electrons. The Morgan fingerprint density at radius 2 is 1.85 bits per heavy atom. The zero-order valence-electron chi connectivity index (χ0n) is 21.2. The van der Waals surface area contributed by atoms with Gasteiger partial charge in [-0.1, -0.05) is 17.3 Å². The molecule has 3 aromatic heterocycles. The van der Waals surface area contributed by atoms with Gasteiger partial charge in [-0.15, -0.1) is 0 Å². The first-order chi connectivity index (χ1) is 19.4. The largest absolute Gasteiger partial charge is 0.465 e. The highest BCUT2D eigenvalue weighted by molar-refractivity contribution is 6.06. The number of hydrogen-bond acceptors (Lipinski definition) is 6.